The van der Waals surface area contributed by atoms with E-state index in [0.29, 0.717) is 28.2 Å². The van der Waals surface area contributed by atoms with Gasteiger partial charge in [0.05, 0.1) is 36.6 Å². The van der Waals surface area contributed by atoms with Gasteiger partial charge in [-0.3, -0.25) is 14.5 Å². The maximum absolute atomic E-state index is 13.2. The highest BCUT2D eigenvalue weighted by Gasteiger charge is 2.48. The molecule has 13 nitrogen and oxygen atoms in total. The number of ether oxygens (including phenoxy) is 1. The third-order valence-electron chi connectivity index (χ3n) is 5.50. The Hall–Kier alpha value is -4.36. The van der Waals surface area contributed by atoms with E-state index in [4.69, 9.17) is 15.0 Å². The van der Waals surface area contributed by atoms with Gasteiger partial charge in [-0.1, -0.05) is 5.16 Å². The smallest absolute Gasteiger partial charge is 0.260 e. The highest BCUT2D eigenvalue weighted by atomic mass is 16.5. The summed E-state index contributed by atoms with van der Waals surface area (Å²) in [5, 5.41) is 29.8. The van der Waals surface area contributed by atoms with Gasteiger partial charge in [0.25, 0.3) is 11.8 Å². The summed E-state index contributed by atoms with van der Waals surface area (Å²) < 4.78 is 12.2. The number of amides is 2. The molecule has 2 atom stereocenters. The summed E-state index contributed by atoms with van der Waals surface area (Å²) in [5.74, 6) is -0.848. The minimum Gasteiger partial charge on any atom is -0.380 e. The molecule has 13 heteroatoms. The molecule has 0 aliphatic carbocycles. The maximum Gasteiger partial charge on any atom is 0.260 e. The van der Waals surface area contributed by atoms with Gasteiger partial charge in [0.15, 0.2) is 28.9 Å². The predicted octanol–water partition coefficient (Wildman–Crippen LogP) is 0.507. The van der Waals surface area contributed by atoms with Crippen molar-refractivity contribution in [2.45, 2.75) is 18.6 Å². The first-order chi connectivity index (χ1) is 16.3. The number of benzene rings is 1. The van der Waals surface area contributed by atoms with Crippen molar-refractivity contribution in [1.82, 2.24) is 25.1 Å². The van der Waals surface area contributed by atoms with Gasteiger partial charge in [0.2, 0.25) is 0 Å². The number of nitrogen functional groups attached to an aromatic ring is 1. The third-order valence-corrected chi connectivity index (χ3v) is 5.50. The summed E-state index contributed by atoms with van der Waals surface area (Å²) in [5.41, 5.74) is 4.89. The van der Waals surface area contributed by atoms with Gasteiger partial charge >= 0.3 is 0 Å². The summed E-state index contributed by atoms with van der Waals surface area (Å²) in [6.07, 6.45) is 3.28. The summed E-state index contributed by atoms with van der Waals surface area (Å²) in [7, 11) is 0. The van der Waals surface area contributed by atoms with Crippen molar-refractivity contribution < 1.29 is 24.0 Å². The van der Waals surface area contributed by atoms with Gasteiger partial charge < -0.3 is 25.4 Å². The number of hydrogen-bond acceptors (Lipinski definition) is 10. The number of rotatable bonds is 5. The number of carbonyl (C=O) groups is 2. The van der Waals surface area contributed by atoms with Crippen LogP contribution in [0.3, 0.4) is 0 Å². The standard InChI is InChI=1S/C21H20N8O5/c1-21(32,20(31)25-12-2-3-14-15(10-12)34-27-18(14)22)17-19(30)28(8-9-33-17)16-5-7-29(26-16)13-4-6-23-24-11-13/h2-7,10-11,17,32H,8-9H2,1H3,(H2,22,27)(H,25,31)/t17-,21?/m0/s1. The highest BCUT2D eigenvalue weighted by Crippen LogP contribution is 2.27. The zero-order chi connectivity index (χ0) is 23.9. The van der Waals surface area contributed by atoms with Crippen molar-refractivity contribution in [1.29, 1.82) is 0 Å². The van der Waals surface area contributed by atoms with Gasteiger partial charge in [0, 0.05) is 24.0 Å². The topological polar surface area (TPSA) is 175 Å². The van der Waals surface area contributed by atoms with E-state index in [-0.39, 0.29) is 19.0 Å². The molecule has 0 radical (unpaired) electrons. The van der Waals surface area contributed by atoms with Gasteiger partial charge in [0.1, 0.15) is 0 Å². The number of aromatic nitrogens is 5. The Morgan fingerprint density at radius 3 is 2.94 bits per heavy atom. The average Bonchev–Trinajstić information content (AvgIpc) is 3.47. The van der Waals surface area contributed by atoms with Crippen molar-refractivity contribution >= 4 is 40.1 Å². The van der Waals surface area contributed by atoms with Gasteiger partial charge in [-0.15, -0.1) is 5.10 Å². The SMILES string of the molecule is CC(O)(C(=O)Nc1ccc2c(N)noc2c1)[C@H]1OCCN(c2ccn(-c3ccnnc3)n2)C1=O. The molecule has 1 fully saturated rings. The second kappa shape index (κ2) is 8.20. The van der Waals surface area contributed by atoms with E-state index in [2.05, 4.69) is 25.8 Å². The van der Waals surface area contributed by atoms with Crippen LogP contribution in [0.1, 0.15) is 6.92 Å². The molecule has 4 aromatic rings. The lowest BCUT2D eigenvalue weighted by atomic mass is 9.95. The molecule has 174 valence electrons. The Bertz CT molecular complexity index is 1370. The van der Waals surface area contributed by atoms with Gasteiger partial charge in [-0.25, -0.2) is 4.68 Å². The molecule has 2 amide bonds. The molecule has 5 rings (SSSR count). The fourth-order valence-electron chi connectivity index (χ4n) is 3.65. The molecule has 1 aliphatic heterocycles. The Labute approximate surface area is 192 Å². The van der Waals surface area contributed by atoms with Crippen LogP contribution in [-0.2, 0) is 14.3 Å². The number of fused-ring (bicyclic) bond motifs is 1. The minimum absolute atomic E-state index is 0.104. The Morgan fingerprint density at radius 2 is 2.15 bits per heavy atom. The molecule has 1 aliphatic rings. The van der Waals surface area contributed by atoms with Crippen LogP contribution in [0, 0.1) is 0 Å². The number of anilines is 3. The zero-order valence-corrected chi connectivity index (χ0v) is 18.0. The monoisotopic (exact) mass is 464 g/mol. The molecule has 0 bridgehead atoms. The summed E-state index contributed by atoms with van der Waals surface area (Å²) in [6, 6.07) is 8.09. The van der Waals surface area contributed by atoms with Crippen LogP contribution in [0.2, 0.25) is 0 Å². The zero-order valence-electron chi connectivity index (χ0n) is 18.0. The van der Waals surface area contributed by atoms with E-state index in [0.717, 1.165) is 0 Å². The summed E-state index contributed by atoms with van der Waals surface area (Å²) >= 11 is 0. The Kier molecular flexibility index (Phi) is 5.18. The first-order valence-corrected chi connectivity index (χ1v) is 10.3. The van der Waals surface area contributed by atoms with E-state index >= 15 is 0 Å². The fraction of sp³-hybridized carbons (Fsp3) is 0.238. The lowest BCUT2D eigenvalue weighted by Gasteiger charge is -2.37. The van der Waals surface area contributed by atoms with Crippen LogP contribution in [0.15, 0.2) is 53.4 Å². The van der Waals surface area contributed by atoms with Crippen LogP contribution in [-0.4, -0.2) is 66.9 Å². The van der Waals surface area contributed by atoms with Crippen LogP contribution in [0.5, 0.6) is 0 Å². The molecular formula is C21H20N8O5. The molecule has 1 saturated heterocycles. The largest absolute Gasteiger partial charge is 0.380 e. The lowest BCUT2D eigenvalue weighted by Crippen LogP contribution is -2.61. The molecule has 3 aromatic heterocycles. The van der Waals surface area contributed by atoms with Gasteiger partial charge in [-0.2, -0.15) is 10.2 Å². The average molecular weight is 464 g/mol. The predicted molar refractivity (Wildman–Crippen MR) is 119 cm³/mol. The summed E-state index contributed by atoms with van der Waals surface area (Å²) in [6.45, 7) is 1.54. The number of nitrogens with zero attached hydrogens (tertiary/aromatic N) is 6. The Balaban J connectivity index is 1.34. The summed E-state index contributed by atoms with van der Waals surface area (Å²) in [4.78, 5) is 27.5. The molecule has 1 unspecified atom stereocenters. The van der Waals surface area contributed by atoms with Crippen molar-refractivity contribution in [3.05, 3.63) is 48.9 Å². The number of hydrogen-bond donors (Lipinski definition) is 3. The fourth-order valence-corrected chi connectivity index (χ4v) is 3.65. The maximum atomic E-state index is 13.2. The molecule has 4 heterocycles. The number of nitrogens with one attached hydrogen (secondary N) is 1. The van der Waals surface area contributed by atoms with E-state index < -0.39 is 23.5 Å². The van der Waals surface area contributed by atoms with Crippen molar-refractivity contribution in [3.63, 3.8) is 0 Å². The molecule has 0 spiro atoms. The van der Waals surface area contributed by atoms with Crippen molar-refractivity contribution in [3.8, 4) is 5.69 Å². The van der Waals surface area contributed by atoms with Crippen LogP contribution >= 0.6 is 0 Å². The molecular weight excluding hydrogens is 444 g/mol. The normalized spacial score (nSPS) is 18.1. The highest BCUT2D eigenvalue weighted by molar-refractivity contribution is 6.06. The van der Waals surface area contributed by atoms with Crippen molar-refractivity contribution in [2.75, 3.05) is 29.1 Å². The van der Waals surface area contributed by atoms with Crippen LogP contribution in [0.25, 0.3) is 16.7 Å². The molecule has 4 N–H and O–H groups in total. The van der Waals surface area contributed by atoms with E-state index in [1.54, 1.807) is 35.1 Å². The van der Waals surface area contributed by atoms with Crippen molar-refractivity contribution in [2.24, 2.45) is 0 Å². The molecule has 34 heavy (non-hydrogen) atoms. The van der Waals surface area contributed by atoms with E-state index in [1.165, 1.54) is 30.3 Å². The van der Waals surface area contributed by atoms with Gasteiger partial charge in [-0.05, 0) is 25.1 Å². The lowest BCUT2D eigenvalue weighted by molar-refractivity contribution is -0.165. The Morgan fingerprint density at radius 1 is 1.29 bits per heavy atom. The number of carbonyl (C=O) groups excluding carboxylic acids is 2. The minimum atomic E-state index is -2.18. The second-order valence-electron chi connectivity index (χ2n) is 7.84. The van der Waals surface area contributed by atoms with Crippen LogP contribution in [0.4, 0.5) is 17.3 Å². The number of morpholine rings is 1. The first-order valence-electron chi connectivity index (χ1n) is 10.3. The van der Waals surface area contributed by atoms with E-state index in [1.807, 2.05) is 0 Å². The van der Waals surface area contributed by atoms with E-state index in [9.17, 15) is 14.7 Å². The number of aliphatic hydroxyl groups is 1. The second-order valence-corrected chi connectivity index (χ2v) is 7.84. The number of nitrogens with two attached hydrogens (primary N) is 1. The first kappa shape index (κ1) is 21.5. The molecule has 1 aromatic carbocycles. The third kappa shape index (κ3) is 3.72. The van der Waals surface area contributed by atoms with Crippen LogP contribution < -0.4 is 16.0 Å². The quantitative estimate of drug-likeness (QED) is 0.377. The molecule has 0 saturated carbocycles.